The van der Waals surface area contributed by atoms with Crippen LogP contribution in [-0.2, 0) is 11.2 Å². The van der Waals surface area contributed by atoms with Gasteiger partial charge in [-0.2, -0.15) is 0 Å². The van der Waals surface area contributed by atoms with Crippen molar-refractivity contribution in [1.29, 1.82) is 0 Å². The fourth-order valence-corrected chi connectivity index (χ4v) is 1.94. The summed E-state index contributed by atoms with van der Waals surface area (Å²) in [6, 6.07) is 4.39. The van der Waals surface area contributed by atoms with Crippen molar-refractivity contribution in [2.24, 2.45) is 5.92 Å². The fourth-order valence-electron chi connectivity index (χ4n) is 1.45. The van der Waals surface area contributed by atoms with Gasteiger partial charge < -0.3 is 5.32 Å². The molecule has 1 aromatic rings. The minimum atomic E-state index is -0.300. The average Bonchev–Trinajstić information content (AvgIpc) is 2.22. The first-order chi connectivity index (χ1) is 7.54. The molecule has 0 radical (unpaired) electrons. The van der Waals surface area contributed by atoms with E-state index < -0.39 is 0 Å². The quantitative estimate of drug-likeness (QED) is 0.902. The Morgan fingerprint density at radius 1 is 1.56 bits per heavy atom. The molecule has 0 aliphatic carbocycles. The molecule has 2 nitrogen and oxygen atoms in total. The highest BCUT2D eigenvalue weighted by atomic mass is 79.9. The number of hydrogen-bond acceptors (Lipinski definition) is 2. The van der Waals surface area contributed by atoms with E-state index >= 15 is 0 Å². The monoisotopic (exact) mass is 287 g/mol. The predicted molar refractivity (Wildman–Crippen MR) is 65.9 cm³/mol. The zero-order valence-electron chi connectivity index (χ0n) is 9.39. The molecule has 0 saturated carbocycles. The molecule has 16 heavy (non-hydrogen) atoms. The number of carbonyl (C=O) groups excluding carboxylic acids is 1. The number of Topliss-reactive ketones (excluding diaryl/α,β-unsaturated/α-hetero) is 1. The number of halogens is 2. The Morgan fingerprint density at radius 3 is 2.81 bits per heavy atom. The Bertz CT molecular complexity index is 381. The maximum Gasteiger partial charge on any atom is 0.141 e. The van der Waals surface area contributed by atoms with Gasteiger partial charge in [-0.1, -0.05) is 28.9 Å². The van der Waals surface area contributed by atoms with E-state index in [9.17, 15) is 9.18 Å². The van der Waals surface area contributed by atoms with Crippen LogP contribution in [0.5, 0.6) is 0 Å². The number of carbonyl (C=O) groups is 1. The summed E-state index contributed by atoms with van der Waals surface area (Å²) < 4.78 is 13.5. The second-order valence-electron chi connectivity index (χ2n) is 3.84. The van der Waals surface area contributed by atoms with Crippen molar-refractivity contribution < 1.29 is 9.18 Å². The SMILES string of the molecule is CNCC(C)C(=O)Cc1ccc(F)cc1Br. The molecule has 0 bridgehead atoms. The molecule has 0 aliphatic heterocycles. The zero-order valence-corrected chi connectivity index (χ0v) is 11.0. The first-order valence-electron chi connectivity index (χ1n) is 5.16. The van der Waals surface area contributed by atoms with Gasteiger partial charge in [-0.05, 0) is 24.7 Å². The Hall–Kier alpha value is -0.740. The molecule has 1 atom stereocenters. The van der Waals surface area contributed by atoms with Gasteiger partial charge in [0.05, 0.1) is 0 Å². The van der Waals surface area contributed by atoms with E-state index in [0.29, 0.717) is 17.4 Å². The second-order valence-corrected chi connectivity index (χ2v) is 4.69. The van der Waals surface area contributed by atoms with Gasteiger partial charge in [-0.25, -0.2) is 4.39 Å². The summed E-state index contributed by atoms with van der Waals surface area (Å²) in [5, 5.41) is 2.97. The van der Waals surface area contributed by atoms with Crippen molar-refractivity contribution in [3.8, 4) is 0 Å². The van der Waals surface area contributed by atoms with Crippen LogP contribution in [0.3, 0.4) is 0 Å². The van der Waals surface area contributed by atoms with Crippen LogP contribution in [0.25, 0.3) is 0 Å². The van der Waals surface area contributed by atoms with Gasteiger partial charge in [0, 0.05) is 23.4 Å². The highest BCUT2D eigenvalue weighted by molar-refractivity contribution is 9.10. The van der Waals surface area contributed by atoms with Gasteiger partial charge in [-0.15, -0.1) is 0 Å². The maximum atomic E-state index is 12.8. The third-order valence-corrected chi connectivity index (χ3v) is 3.18. The normalized spacial score (nSPS) is 12.5. The van der Waals surface area contributed by atoms with E-state index in [0.717, 1.165) is 5.56 Å². The van der Waals surface area contributed by atoms with Crippen molar-refractivity contribution in [1.82, 2.24) is 5.32 Å². The Balaban J connectivity index is 2.69. The van der Waals surface area contributed by atoms with Crippen LogP contribution in [0, 0.1) is 11.7 Å². The van der Waals surface area contributed by atoms with Gasteiger partial charge in [0.25, 0.3) is 0 Å². The van der Waals surface area contributed by atoms with E-state index in [1.54, 1.807) is 6.07 Å². The Morgan fingerprint density at radius 2 is 2.25 bits per heavy atom. The first-order valence-corrected chi connectivity index (χ1v) is 5.95. The lowest BCUT2D eigenvalue weighted by atomic mass is 9.99. The molecule has 0 aliphatic rings. The third kappa shape index (κ3) is 3.68. The molecule has 0 fully saturated rings. The van der Waals surface area contributed by atoms with Crippen LogP contribution in [0.15, 0.2) is 22.7 Å². The number of nitrogens with one attached hydrogen (secondary N) is 1. The molecule has 0 heterocycles. The van der Waals surface area contributed by atoms with Crippen molar-refractivity contribution in [2.45, 2.75) is 13.3 Å². The molecule has 4 heteroatoms. The fraction of sp³-hybridized carbons (Fsp3) is 0.417. The Labute approximate surface area is 103 Å². The van der Waals surface area contributed by atoms with Gasteiger partial charge in [0.2, 0.25) is 0 Å². The average molecular weight is 288 g/mol. The van der Waals surface area contributed by atoms with Crippen LogP contribution in [0.1, 0.15) is 12.5 Å². The van der Waals surface area contributed by atoms with E-state index in [4.69, 9.17) is 0 Å². The van der Waals surface area contributed by atoms with Crippen LogP contribution in [0.2, 0.25) is 0 Å². The van der Waals surface area contributed by atoms with Crippen LogP contribution >= 0.6 is 15.9 Å². The highest BCUT2D eigenvalue weighted by Crippen LogP contribution is 2.19. The van der Waals surface area contributed by atoms with Gasteiger partial charge in [0.15, 0.2) is 0 Å². The van der Waals surface area contributed by atoms with E-state index in [2.05, 4.69) is 21.2 Å². The maximum absolute atomic E-state index is 12.8. The summed E-state index contributed by atoms with van der Waals surface area (Å²) in [7, 11) is 1.82. The number of hydrogen-bond donors (Lipinski definition) is 1. The van der Waals surface area contributed by atoms with Gasteiger partial charge in [-0.3, -0.25) is 4.79 Å². The lowest BCUT2D eigenvalue weighted by molar-refractivity contribution is -0.121. The standard InChI is InChI=1S/C12H15BrFNO/c1-8(7-15-2)12(16)5-9-3-4-10(14)6-11(9)13/h3-4,6,8,15H,5,7H2,1-2H3. The molecule has 0 amide bonds. The largest absolute Gasteiger partial charge is 0.319 e. The molecule has 0 aromatic heterocycles. The molecule has 88 valence electrons. The predicted octanol–water partition coefficient (Wildman–Crippen LogP) is 2.56. The summed E-state index contributed by atoms with van der Waals surface area (Å²) in [5.41, 5.74) is 0.828. The molecule has 1 N–H and O–H groups in total. The van der Waals surface area contributed by atoms with E-state index in [1.807, 2.05) is 14.0 Å². The van der Waals surface area contributed by atoms with E-state index in [1.165, 1.54) is 12.1 Å². The van der Waals surface area contributed by atoms with Crippen molar-refractivity contribution in [3.63, 3.8) is 0 Å². The zero-order chi connectivity index (χ0) is 12.1. The summed E-state index contributed by atoms with van der Waals surface area (Å²) in [4.78, 5) is 11.8. The van der Waals surface area contributed by atoms with Crippen LogP contribution in [-0.4, -0.2) is 19.4 Å². The van der Waals surface area contributed by atoms with Gasteiger partial charge >= 0.3 is 0 Å². The summed E-state index contributed by atoms with van der Waals surface area (Å²) in [6.07, 6.45) is 0.337. The molecule has 1 unspecified atom stereocenters. The highest BCUT2D eigenvalue weighted by Gasteiger charge is 2.14. The second kappa shape index (κ2) is 6.11. The third-order valence-electron chi connectivity index (χ3n) is 2.44. The summed E-state index contributed by atoms with van der Waals surface area (Å²) in [6.45, 7) is 2.55. The molecular weight excluding hydrogens is 273 g/mol. The van der Waals surface area contributed by atoms with Gasteiger partial charge in [0.1, 0.15) is 11.6 Å². The summed E-state index contributed by atoms with van der Waals surface area (Å²) >= 11 is 3.26. The number of benzene rings is 1. The number of ketones is 1. The lowest BCUT2D eigenvalue weighted by Crippen LogP contribution is -2.24. The number of rotatable bonds is 5. The Kier molecular flexibility index (Phi) is 5.09. The molecular formula is C12H15BrFNO. The van der Waals surface area contributed by atoms with Crippen molar-refractivity contribution in [3.05, 3.63) is 34.1 Å². The van der Waals surface area contributed by atoms with Crippen molar-refractivity contribution >= 4 is 21.7 Å². The summed E-state index contributed by atoms with van der Waals surface area (Å²) in [5.74, 6) is -0.171. The first kappa shape index (κ1) is 13.3. The van der Waals surface area contributed by atoms with Crippen LogP contribution < -0.4 is 5.32 Å². The lowest BCUT2D eigenvalue weighted by Gasteiger charge is -2.10. The van der Waals surface area contributed by atoms with Crippen molar-refractivity contribution in [2.75, 3.05) is 13.6 Å². The van der Waals surface area contributed by atoms with Crippen LogP contribution in [0.4, 0.5) is 4.39 Å². The topological polar surface area (TPSA) is 29.1 Å². The molecule has 1 aromatic carbocycles. The minimum Gasteiger partial charge on any atom is -0.319 e. The minimum absolute atomic E-state index is 0.0260. The van der Waals surface area contributed by atoms with E-state index in [-0.39, 0.29) is 17.5 Å². The molecule has 0 spiro atoms. The molecule has 0 saturated heterocycles. The molecule has 1 rings (SSSR count). The smallest absolute Gasteiger partial charge is 0.141 e.